The van der Waals surface area contributed by atoms with Crippen molar-refractivity contribution in [3.63, 3.8) is 0 Å². The van der Waals surface area contributed by atoms with Gasteiger partial charge in [0, 0.05) is 25.2 Å². The summed E-state index contributed by atoms with van der Waals surface area (Å²) in [5.41, 5.74) is 1.76. The van der Waals surface area contributed by atoms with E-state index in [1.807, 2.05) is 83.8 Å². The number of carbonyl (C=O) groups is 1. The van der Waals surface area contributed by atoms with E-state index in [0.29, 0.717) is 30.0 Å². The Balaban J connectivity index is 2.13. The summed E-state index contributed by atoms with van der Waals surface area (Å²) in [4.78, 5) is 44.2. The fraction of sp³-hybridized carbons (Fsp3) is 0.471. The molecule has 244 valence electrons. The number of non-ortho nitro benzene ring substituents is 1. The van der Waals surface area contributed by atoms with Gasteiger partial charge in [-0.1, -0.05) is 84.0 Å². The summed E-state index contributed by atoms with van der Waals surface area (Å²) in [5, 5.41) is 12.0. The highest BCUT2D eigenvalue weighted by atomic mass is 31.2. The molecule has 3 aromatic rings. The van der Waals surface area contributed by atoms with E-state index in [1.165, 1.54) is 12.1 Å². The molecule has 0 saturated heterocycles. The van der Waals surface area contributed by atoms with Crippen LogP contribution in [-0.2, 0) is 20.3 Å². The third-order valence-corrected chi connectivity index (χ3v) is 8.78. The zero-order valence-electron chi connectivity index (χ0n) is 27.9. The number of nitro benzene ring substituents is 1. The average Bonchev–Trinajstić information content (AvgIpc) is 2.94. The average molecular weight is 641 g/mol. The molecule has 0 atom stereocenters. The molecular weight excluding hydrogens is 593 g/mol. The van der Waals surface area contributed by atoms with E-state index >= 15 is 0 Å². The van der Waals surface area contributed by atoms with Crippen LogP contribution in [0.2, 0.25) is 0 Å². The van der Waals surface area contributed by atoms with E-state index < -0.39 is 18.8 Å². The largest absolute Gasteiger partial charge is 0.461 e. The Bertz CT molecular complexity index is 1470. The third-order valence-electron chi connectivity index (χ3n) is 6.71. The number of nitrogens with zero attached hydrogens (tertiary/aromatic N) is 3. The van der Waals surface area contributed by atoms with Crippen LogP contribution < -0.4 is 5.30 Å². The zero-order valence-corrected chi connectivity index (χ0v) is 28.8. The summed E-state index contributed by atoms with van der Waals surface area (Å²) in [7, 11) is -1.97. The normalized spacial score (nSPS) is 12.4. The Morgan fingerprint density at radius 2 is 1.56 bits per heavy atom. The highest BCUT2D eigenvalue weighted by molar-refractivity contribution is 7.69. The molecular formula is C34H47N3O7P+. The lowest BCUT2D eigenvalue weighted by molar-refractivity contribution is -0.384. The number of rotatable bonds is 13. The maximum atomic E-state index is 13.9. The lowest BCUT2D eigenvalue weighted by Crippen LogP contribution is -2.30. The summed E-state index contributed by atoms with van der Waals surface area (Å²) in [5.74, 6) is -0.658. The van der Waals surface area contributed by atoms with Crippen LogP contribution in [0.1, 0.15) is 68.9 Å². The lowest BCUT2D eigenvalue weighted by Gasteiger charge is -2.27. The molecule has 11 heteroatoms. The zero-order chi connectivity index (χ0) is 33.6. The molecule has 3 rings (SSSR count). The van der Waals surface area contributed by atoms with Crippen LogP contribution in [0.25, 0.3) is 11.1 Å². The first-order valence-electron chi connectivity index (χ1n) is 15.0. The second-order valence-electron chi connectivity index (χ2n) is 13.7. The molecule has 10 nitrogen and oxygen atoms in total. The molecule has 45 heavy (non-hydrogen) atoms. The van der Waals surface area contributed by atoms with Crippen molar-refractivity contribution in [2.45, 2.75) is 61.9 Å². The number of aromatic nitrogens is 1. The number of esters is 1. The number of benzene rings is 2. The van der Waals surface area contributed by atoms with Gasteiger partial charge in [0.25, 0.3) is 5.69 Å². The number of aryl methyl sites for hydroxylation is 2. The van der Waals surface area contributed by atoms with Gasteiger partial charge in [0.2, 0.25) is 5.30 Å². The van der Waals surface area contributed by atoms with Gasteiger partial charge in [-0.15, -0.1) is 0 Å². The van der Waals surface area contributed by atoms with Gasteiger partial charge in [0.1, 0.15) is 19.8 Å². The van der Waals surface area contributed by atoms with Crippen LogP contribution in [0.3, 0.4) is 0 Å². The highest BCUT2D eigenvalue weighted by Crippen LogP contribution is 2.60. The number of ether oxygens (including phenoxy) is 1. The minimum Gasteiger partial charge on any atom is -0.461 e. The highest BCUT2D eigenvalue weighted by Gasteiger charge is 2.51. The summed E-state index contributed by atoms with van der Waals surface area (Å²) in [6.45, 7) is 16.8. The molecule has 0 unspecified atom stereocenters. The van der Waals surface area contributed by atoms with Gasteiger partial charge in [-0.3, -0.25) is 20.0 Å². The van der Waals surface area contributed by atoms with Crippen molar-refractivity contribution in [1.82, 2.24) is 9.88 Å². The maximum Gasteiger partial charge on any atom is 0.448 e. The standard InChI is InChI=1S/C34H47N3O7P/c1-24-29(32(38)42-19-18-36(9)21-26-14-11-10-12-15-26)30(27-16-13-17-28(20-27)37(39)40)31(25(2)35-24)45(41,43-22-33(3,4)5)44-23-34(6,7)8/h10-17,20,41H,18-19,21-23H2,1-9H3/q+1. The van der Waals surface area contributed by atoms with Crippen LogP contribution in [0.4, 0.5) is 5.69 Å². The molecule has 0 aliphatic carbocycles. The summed E-state index contributed by atoms with van der Waals surface area (Å²) in [6.07, 6.45) is 0. The second-order valence-corrected chi connectivity index (χ2v) is 15.7. The monoisotopic (exact) mass is 640 g/mol. The van der Waals surface area contributed by atoms with Crippen LogP contribution in [0.15, 0.2) is 54.6 Å². The second kappa shape index (κ2) is 14.9. The molecule has 0 aliphatic rings. The van der Waals surface area contributed by atoms with Gasteiger partial charge in [-0.05, 0) is 42.9 Å². The molecule has 0 radical (unpaired) electrons. The van der Waals surface area contributed by atoms with E-state index in [1.54, 1.807) is 26.0 Å². The Hall–Kier alpha value is -3.27. The van der Waals surface area contributed by atoms with Crippen LogP contribution >= 0.6 is 7.94 Å². The van der Waals surface area contributed by atoms with Crippen molar-refractivity contribution in [1.29, 1.82) is 0 Å². The topological polar surface area (TPSA) is 124 Å². The third kappa shape index (κ3) is 10.4. The van der Waals surface area contributed by atoms with Crippen LogP contribution in [-0.4, -0.2) is 59.1 Å². The summed E-state index contributed by atoms with van der Waals surface area (Å²) in [6, 6.07) is 15.9. The first kappa shape index (κ1) is 36.2. The molecule has 0 fully saturated rings. The fourth-order valence-corrected chi connectivity index (χ4v) is 7.00. The first-order valence-corrected chi connectivity index (χ1v) is 16.5. The molecule has 0 amide bonds. The van der Waals surface area contributed by atoms with E-state index in [4.69, 9.17) is 13.8 Å². The molecule has 1 N–H and O–H groups in total. The smallest absolute Gasteiger partial charge is 0.448 e. The summed E-state index contributed by atoms with van der Waals surface area (Å²) < 4.78 is 18.3. The van der Waals surface area contributed by atoms with Crippen molar-refractivity contribution >= 4 is 24.9 Å². The van der Waals surface area contributed by atoms with Crippen LogP contribution in [0, 0.1) is 34.8 Å². The maximum absolute atomic E-state index is 13.9. The number of pyridine rings is 1. The van der Waals surface area contributed by atoms with Gasteiger partial charge < -0.3 is 4.74 Å². The van der Waals surface area contributed by atoms with E-state index in [9.17, 15) is 19.8 Å². The number of likely N-dealkylation sites (N-methyl/N-ethyl adjacent to an activating group) is 1. The molecule has 0 aliphatic heterocycles. The molecule has 1 heterocycles. The van der Waals surface area contributed by atoms with Gasteiger partial charge >= 0.3 is 13.9 Å². The van der Waals surface area contributed by atoms with Crippen molar-refractivity contribution in [3.05, 3.63) is 87.2 Å². The van der Waals surface area contributed by atoms with Gasteiger partial charge in [-0.25, -0.2) is 4.79 Å². The van der Waals surface area contributed by atoms with E-state index in [0.717, 1.165) is 5.56 Å². The number of hydrogen-bond acceptors (Lipinski definition) is 9. The predicted molar refractivity (Wildman–Crippen MR) is 178 cm³/mol. The van der Waals surface area contributed by atoms with Gasteiger partial charge in [0.15, 0.2) is 0 Å². The Labute approximate surface area is 267 Å². The summed E-state index contributed by atoms with van der Waals surface area (Å²) >= 11 is 0. The van der Waals surface area contributed by atoms with E-state index in [-0.39, 0.29) is 52.8 Å². The first-order chi connectivity index (χ1) is 20.9. The quantitative estimate of drug-likeness (QED) is 0.0904. The Morgan fingerprint density at radius 3 is 2.11 bits per heavy atom. The molecule has 0 bridgehead atoms. The van der Waals surface area contributed by atoms with Gasteiger partial charge in [0.05, 0.1) is 27.4 Å². The van der Waals surface area contributed by atoms with E-state index in [2.05, 4.69) is 4.98 Å². The lowest BCUT2D eigenvalue weighted by atomic mass is 9.97. The minimum absolute atomic E-state index is 0.0963. The fourth-order valence-electron chi connectivity index (χ4n) is 4.56. The minimum atomic E-state index is -3.91. The van der Waals surface area contributed by atoms with Crippen LogP contribution in [0.5, 0.6) is 0 Å². The number of carbonyl (C=O) groups excluding carboxylic acids is 1. The van der Waals surface area contributed by atoms with Crippen molar-refractivity contribution < 1.29 is 28.4 Å². The molecule has 0 spiro atoms. The SMILES string of the molecule is Cc1nc(C)c([P+](O)(OCC(C)(C)C)OCC(C)(C)C)c(-c2cccc([N+](=O)[O-])c2)c1C(=O)OCCN(C)Cc1ccccc1. The predicted octanol–water partition coefficient (Wildman–Crippen LogP) is 7.07. The molecule has 2 aromatic carbocycles. The van der Waals surface area contributed by atoms with Gasteiger partial charge in [-0.2, -0.15) is 13.9 Å². The van der Waals surface area contributed by atoms with Crippen molar-refractivity contribution in [2.24, 2.45) is 10.8 Å². The Kier molecular flexibility index (Phi) is 12.0. The van der Waals surface area contributed by atoms with Crippen molar-refractivity contribution in [3.8, 4) is 11.1 Å². The van der Waals surface area contributed by atoms with Crippen molar-refractivity contribution in [2.75, 3.05) is 33.4 Å². The Morgan fingerprint density at radius 1 is 0.956 bits per heavy atom. The molecule has 0 saturated carbocycles. The number of nitro groups is 1. The molecule has 1 aromatic heterocycles. The number of hydrogen-bond donors (Lipinski definition) is 1.